The summed E-state index contributed by atoms with van der Waals surface area (Å²) in [6.45, 7) is 8.39. The topological polar surface area (TPSA) is 51.0 Å². The van der Waals surface area contributed by atoms with Gasteiger partial charge in [0.15, 0.2) is 0 Å². The number of anilines is 1. The van der Waals surface area contributed by atoms with E-state index in [-0.39, 0.29) is 5.41 Å². The fourth-order valence-corrected chi connectivity index (χ4v) is 1.77. The molecule has 1 aliphatic carbocycles. The third kappa shape index (κ3) is 3.72. The van der Waals surface area contributed by atoms with E-state index in [2.05, 4.69) is 43.2 Å². The second-order valence-corrected chi connectivity index (χ2v) is 6.24. The monoisotopic (exact) mass is 237 g/mol. The maximum Gasteiger partial charge on any atom is 0.263 e. The van der Waals surface area contributed by atoms with Crippen LogP contribution >= 0.6 is 0 Å². The Morgan fingerprint density at radius 1 is 1.41 bits per heavy atom. The molecule has 17 heavy (non-hydrogen) atoms. The molecule has 0 saturated heterocycles. The largest absolute Gasteiger partial charge is 0.349 e. The Bertz CT molecular complexity index is 363. The number of aromatic nitrogens is 2. The molecule has 1 fully saturated rings. The molecule has 1 unspecified atom stereocenters. The smallest absolute Gasteiger partial charge is 0.263 e. The Kier molecular flexibility index (Phi) is 3.40. The summed E-state index contributed by atoms with van der Waals surface area (Å²) < 4.78 is 5.24. The van der Waals surface area contributed by atoms with Gasteiger partial charge in [-0.05, 0) is 30.8 Å². The lowest BCUT2D eigenvalue weighted by Gasteiger charge is -2.12. The summed E-state index contributed by atoms with van der Waals surface area (Å²) >= 11 is 0. The molecule has 2 rings (SSSR count). The van der Waals surface area contributed by atoms with Gasteiger partial charge in [-0.2, -0.15) is 4.98 Å². The molecule has 1 N–H and O–H groups in total. The zero-order chi connectivity index (χ0) is 12.5. The molecule has 0 spiro atoms. The maximum atomic E-state index is 5.24. The van der Waals surface area contributed by atoms with Gasteiger partial charge >= 0.3 is 0 Å². The zero-order valence-corrected chi connectivity index (χ0v) is 11.3. The Labute approximate surface area is 103 Å². The average molecular weight is 237 g/mol. The van der Waals surface area contributed by atoms with Crippen LogP contribution in [0.2, 0.25) is 0 Å². The molecular formula is C13H23N3O. The van der Waals surface area contributed by atoms with Crippen molar-refractivity contribution < 1.29 is 4.52 Å². The summed E-state index contributed by atoms with van der Waals surface area (Å²) in [5.41, 5.74) is -0.0792. The van der Waals surface area contributed by atoms with E-state index in [1.54, 1.807) is 0 Å². The standard InChI is InChI=1S/C13H23N3O/c1-9(5-6-10-7-8-10)14-12-15-11(17-16-12)13(2,3)4/h9-10H,5-8H2,1-4H3,(H,14,16). The van der Waals surface area contributed by atoms with Crippen molar-refractivity contribution in [1.29, 1.82) is 0 Å². The van der Waals surface area contributed by atoms with Crippen LogP contribution in [-0.4, -0.2) is 16.2 Å². The van der Waals surface area contributed by atoms with E-state index >= 15 is 0 Å². The third-order valence-corrected chi connectivity index (χ3v) is 3.15. The lowest BCUT2D eigenvalue weighted by molar-refractivity contribution is 0.321. The molecule has 1 aliphatic rings. The molecule has 0 amide bonds. The van der Waals surface area contributed by atoms with Gasteiger partial charge in [-0.3, -0.25) is 0 Å². The molecule has 0 radical (unpaired) electrons. The van der Waals surface area contributed by atoms with Crippen LogP contribution in [0.4, 0.5) is 5.95 Å². The molecule has 4 heteroatoms. The van der Waals surface area contributed by atoms with Crippen molar-refractivity contribution in [2.75, 3.05) is 5.32 Å². The summed E-state index contributed by atoms with van der Waals surface area (Å²) in [5, 5.41) is 7.27. The van der Waals surface area contributed by atoms with Gasteiger partial charge in [-0.1, -0.05) is 33.6 Å². The van der Waals surface area contributed by atoms with E-state index in [1.807, 2.05) is 0 Å². The summed E-state index contributed by atoms with van der Waals surface area (Å²) in [7, 11) is 0. The van der Waals surface area contributed by atoms with Crippen LogP contribution in [0.25, 0.3) is 0 Å². The first-order valence-electron chi connectivity index (χ1n) is 6.56. The molecule has 1 aromatic rings. The maximum absolute atomic E-state index is 5.24. The predicted octanol–water partition coefficient (Wildman–Crippen LogP) is 3.36. The highest BCUT2D eigenvalue weighted by Gasteiger charge is 2.23. The molecular weight excluding hydrogens is 214 g/mol. The van der Waals surface area contributed by atoms with Gasteiger partial charge in [-0.15, -0.1) is 0 Å². The number of hydrogen-bond donors (Lipinski definition) is 1. The van der Waals surface area contributed by atoms with Gasteiger partial charge in [0.05, 0.1) is 0 Å². The van der Waals surface area contributed by atoms with E-state index < -0.39 is 0 Å². The molecule has 1 atom stereocenters. The lowest BCUT2D eigenvalue weighted by Crippen LogP contribution is -2.17. The van der Waals surface area contributed by atoms with Crippen LogP contribution in [-0.2, 0) is 5.41 Å². The van der Waals surface area contributed by atoms with Crippen molar-refractivity contribution in [3.63, 3.8) is 0 Å². The zero-order valence-electron chi connectivity index (χ0n) is 11.3. The van der Waals surface area contributed by atoms with Gasteiger partial charge in [0, 0.05) is 11.5 Å². The number of rotatable bonds is 5. The predicted molar refractivity (Wildman–Crippen MR) is 68.0 cm³/mol. The van der Waals surface area contributed by atoms with E-state index in [9.17, 15) is 0 Å². The van der Waals surface area contributed by atoms with Gasteiger partial charge in [-0.25, -0.2) is 0 Å². The first-order valence-corrected chi connectivity index (χ1v) is 6.56. The molecule has 0 bridgehead atoms. The van der Waals surface area contributed by atoms with Crippen molar-refractivity contribution in [3.05, 3.63) is 5.89 Å². The van der Waals surface area contributed by atoms with Crippen LogP contribution in [0, 0.1) is 5.92 Å². The normalized spacial score (nSPS) is 18.1. The van der Waals surface area contributed by atoms with Crippen molar-refractivity contribution in [3.8, 4) is 0 Å². The summed E-state index contributed by atoms with van der Waals surface area (Å²) in [6, 6.07) is 0.418. The summed E-state index contributed by atoms with van der Waals surface area (Å²) in [4.78, 5) is 4.38. The Morgan fingerprint density at radius 3 is 2.65 bits per heavy atom. The van der Waals surface area contributed by atoms with Crippen molar-refractivity contribution >= 4 is 5.95 Å². The second kappa shape index (κ2) is 4.67. The van der Waals surface area contributed by atoms with Crippen LogP contribution in [0.1, 0.15) is 59.3 Å². The lowest BCUT2D eigenvalue weighted by atomic mass is 9.97. The van der Waals surface area contributed by atoms with Crippen LogP contribution in [0.5, 0.6) is 0 Å². The SMILES string of the molecule is CC(CCC1CC1)Nc1noc(C(C)(C)C)n1. The molecule has 1 aromatic heterocycles. The highest BCUT2D eigenvalue weighted by atomic mass is 16.5. The van der Waals surface area contributed by atoms with Crippen molar-refractivity contribution in [2.24, 2.45) is 5.92 Å². The Balaban J connectivity index is 1.82. The van der Waals surface area contributed by atoms with Crippen molar-refractivity contribution in [1.82, 2.24) is 10.1 Å². The fourth-order valence-electron chi connectivity index (χ4n) is 1.77. The second-order valence-electron chi connectivity index (χ2n) is 6.24. The molecule has 0 aromatic carbocycles. The average Bonchev–Trinajstić information content (AvgIpc) is 2.93. The van der Waals surface area contributed by atoms with Gasteiger partial charge < -0.3 is 9.84 Å². The molecule has 1 heterocycles. The minimum atomic E-state index is -0.0792. The Morgan fingerprint density at radius 2 is 2.12 bits per heavy atom. The Hall–Kier alpha value is -1.06. The van der Waals surface area contributed by atoms with Gasteiger partial charge in [0.2, 0.25) is 5.89 Å². The van der Waals surface area contributed by atoms with Crippen molar-refractivity contribution in [2.45, 2.75) is 64.8 Å². The first-order chi connectivity index (χ1) is 7.95. The van der Waals surface area contributed by atoms with Gasteiger partial charge in [0.1, 0.15) is 0 Å². The number of nitrogens with one attached hydrogen (secondary N) is 1. The summed E-state index contributed by atoms with van der Waals surface area (Å²) in [5.74, 6) is 2.29. The van der Waals surface area contributed by atoms with Crippen LogP contribution < -0.4 is 5.32 Å². The molecule has 4 nitrogen and oxygen atoms in total. The number of nitrogens with zero attached hydrogens (tertiary/aromatic N) is 2. The van der Waals surface area contributed by atoms with E-state index in [0.717, 1.165) is 5.92 Å². The highest BCUT2D eigenvalue weighted by Crippen LogP contribution is 2.34. The van der Waals surface area contributed by atoms with E-state index in [4.69, 9.17) is 4.52 Å². The third-order valence-electron chi connectivity index (χ3n) is 3.15. The van der Waals surface area contributed by atoms with E-state index in [0.29, 0.717) is 17.9 Å². The quantitative estimate of drug-likeness (QED) is 0.853. The molecule has 1 saturated carbocycles. The number of hydrogen-bond acceptors (Lipinski definition) is 4. The summed E-state index contributed by atoms with van der Waals surface area (Å²) in [6.07, 6.45) is 5.34. The minimum absolute atomic E-state index is 0.0792. The van der Waals surface area contributed by atoms with E-state index in [1.165, 1.54) is 25.7 Å². The van der Waals surface area contributed by atoms with Gasteiger partial charge in [0.25, 0.3) is 5.95 Å². The van der Waals surface area contributed by atoms with Crippen LogP contribution in [0.3, 0.4) is 0 Å². The fraction of sp³-hybridized carbons (Fsp3) is 0.846. The van der Waals surface area contributed by atoms with Crippen LogP contribution in [0.15, 0.2) is 4.52 Å². The highest BCUT2D eigenvalue weighted by molar-refractivity contribution is 5.24. The molecule has 0 aliphatic heterocycles. The first kappa shape index (κ1) is 12.4. The molecule has 96 valence electrons. The minimum Gasteiger partial charge on any atom is -0.349 e.